The van der Waals surface area contributed by atoms with Gasteiger partial charge in [-0.05, 0) is 60.3 Å². The number of carbonyl (C=O) groups is 1. The molecule has 32 heavy (non-hydrogen) atoms. The average Bonchev–Trinajstić information content (AvgIpc) is 3.51. The third-order valence-electron chi connectivity index (χ3n) is 4.96. The van der Waals surface area contributed by atoms with E-state index in [4.69, 9.17) is 4.42 Å². The number of sulfonamides is 1. The van der Waals surface area contributed by atoms with Gasteiger partial charge >= 0.3 is 0 Å². The Hall–Kier alpha value is -3.20. The summed E-state index contributed by atoms with van der Waals surface area (Å²) in [5, 5.41) is 5.04. The van der Waals surface area contributed by atoms with Crippen molar-refractivity contribution in [1.29, 1.82) is 0 Å². The molecule has 0 radical (unpaired) electrons. The van der Waals surface area contributed by atoms with Gasteiger partial charge in [0.15, 0.2) is 0 Å². The number of hydrogen-bond donors (Lipinski definition) is 2. The van der Waals surface area contributed by atoms with Gasteiger partial charge in [-0.2, -0.15) is 0 Å². The highest BCUT2D eigenvalue weighted by Crippen LogP contribution is 2.27. The lowest BCUT2D eigenvalue weighted by Crippen LogP contribution is -2.29. The Bertz CT molecular complexity index is 1260. The number of amides is 1. The van der Waals surface area contributed by atoms with Crippen LogP contribution in [0.3, 0.4) is 0 Å². The number of hydrogen-bond acceptors (Lipinski definition) is 5. The molecule has 2 aromatic carbocycles. The summed E-state index contributed by atoms with van der Waals surface area (Å²) in [7, 11) is -3.72. The van der Waals surface area contributed by atoms with E-state index in [1.54, 1.807) is 23.5 Å². The van der Waals surface area contributed by atoms with Crippen molar-refractivity contribution in [1.82, 2.24) is 10.0 Å². The van der Waals surface area contributed by atoms with Gasteiger partial charge < -0.3 is 9.73 Å². The standard InChI is InChI=1S/C24H22N2O4S2/c1-17-6-8-18(9-7-17)23(22-5-3-15-31-22)26-24(27)19-10-12-21(13-11-19)32(28,29)25-16-20-4-2-14-30-20/h2-15,23,25H,16H2,1H3,(H,26,27). The zero-order valence-electron chi connectivity index (χ0n) is 17.3. The number of thiophene rings is 1. The van der Waals surface area contributed by atoms with Crippen LogP contribution in [-0.2, 0) is 16.6 Å². The molecule has 164 valence electrons. The van der Waals surface area contributed by atoms with E-state index in [0.29, 0.717) is 11.3 Å². The highest BCUT2D eigenvalue weighted by atomic mass is 32.2. The van der Waals surface area contributed by atoms with E-state index in [9.17, 15) is 13.2 Å². The fourth-order valence-electron chi connectivity index (χ4n) is 3.20. The third-order valence-corrected chi connectivity index (χ3v) is 7.31. The van der Waals surface area contributed by atoms with Crippen molar-refractivity contribution >= 4 is 27.3 Å². The smallest absolute Gasteiger partial charge is 0.252 e. The summed E-state index contributed by atoms with van der Waals surface area (Å²) in [5.41, 5.74) is 2.50. The fourth-order valence-corrected chi connectivity index (χ4v) is 4.99. The van der Waals surface area contributed by atoms with Crippen LogP contribution >= 0.6 is 11.3 Å². The highest BCUT2D eigenvalue weighted by molar-refractivity contribution is 7.89. The summed E-state index contributed by atoms with van der Waals surface area (Å²) in [6, 6.07) is 20.9. The summed E-state index contributed by atoms with van der Waals surface area (Å²) >= 11 is 1.57. The van der Waals surface area contributed by atoms with Gasteiger partial charge in [0, 0.05) is 10.4 Å². The molecule has 1 atom stereocenters. The highest BCUT2D eigenvalue weighted by Gasteiger charge is 2.20. The topological polar surface area (TPSA) is 88.4 Å². The first kappa shape index (κ1) is 22.0. The van der Waals surface area contributed by atoms with E-state index < -0.39 is 10.0 Å². The second kappa shape index (κ2) is 9.52. The van der Waals surface area contributed by atoms with Gasteiger partial charge in [-0.1, -0.05) is 35.9 Å². The molecule has 4 rings (SSSR count). The van der Waals surface area contributed by atoms with E-state index in [2.05, 4.69) is 10.0 Å². The van der Waals surface area contributed by atoms with Crippen LogP contribution in [0.1, 0.15) is 38.2 Å². The summed E-state index contributed by atoms with van der Waals surface area (Å²) in [6.45, 7) is 2.07. The zero-order valence-corrected chi connectivity index (χ0v) is 18.9. The van der Waals surface area contributed by atoms with Crippen LogP contribution in [-0.4, -0.2) is 14.3 Å². The van der Waals surface area contributed by atoms with Gasteiger partial charge in [0.05, 0.1) is 23.7 Å². The number of nitrogens with one attached hydrogen (secondary N) is 2. The Labute approximate surface area is 191 Å². The van der Waals surface area contributed by atoms with E-state index in [-0.39, 0.29) is 23.4 Å². The van der Waals surface area contributed by atoms with Gasteiger partial charge in [-0.3, -0.25) is 4.79 Å². The monoisotopic (exact) mass is 466 g/mol. The second-order valence-electron chi connectivity index (χ2n) is 7.26. The summed E-state index contributed by atoms with van der Waals surface area (Å²) in [6.07, 6.45) is 1.48. The van der Waals surface area contributed by atoms with Gasteiger partial charge in [-0.15, -0.1) is 11.3 Å². The molecule has 1 amide bonds. The Morgan fingerprint density at radius 2 is 1.75 bits per heavy atom. The lowest BCUT2D eigenvalue weighted by atomic mass is 10.0. The lowest BCUT2D eigenvalue weighted by Gasteiger charge is -2.18. The molecule has 1 unspecified atom stereocenters. The SMILES string of the molecule is Cc1ccc(C(NC(=O)c2ccc(S(=O)(=O)NCc3ccco3)cc2)c2cccs2)cc1. The zero-order chi connectivity index (χ0) is 22.6. The molecule has 0 saturated carbocycles. The molecule has 6 nitrogen and oxygen atoms in total. The Morgan fingerprint density at radius 3 is 2.38 bits per heavy atom. The van der Waals surface area contributed by atoms with E-state index >= 15 is 0 Å². The number of carbonyl (C=O) groups excluding carboxylic acids is 1. The third kappa shape index (κ3) is 5.16. The molecular formula is C24H22N2O4S2. The molecule has 8 heteroatoms. The molecule has 0 spiro atoms. The van der Waals surface area contributed by atoms with Gasteiger partial charge in [-0.25, -0.2) is 13.1 Å². The molecule has 0 aliphatic heterocycles. The first-order valence-electron chi connectivity index (χ1n) is 9.95. The van der Waals surface area contributed by atoms with Crippen LogP contribution in [0.5, 0.6) is 0 Å². The first-order chi connectivity index (χ1) is 15.4. The minimum absolute atomic E-state index is 0.0522. The van der Waals surface area contributed by atoms with Gasteiger partial charge in [0.25, 0.3) is 5.91 Å². The molecule has 0 aliphatic carbocycles. The van der Waals surface area contributed by atoms with Gasteiger partial charge in [0.1, 0.15) is 5.76 Å². The molecular weight excluding hydrogens is 444 g/mol. The van der Waals surface area contributed by atoms with Gasteiger partial charge in [0.2, 0.25) is 10.0 Å². The van der Waals surface area contributed by atoms with Crippen molar-refractivity contribution in [2.75, 3.05) is 0 Å². The lowest BCUT2D eigenvalue weighted by molar-refractivity contribution is 0.0943. The van der Waals surface area contributed by atoms with E-state index in [0.717, 1.165) is 16.0 Å². The molecule has 0 saturated heterocycles. The number of furan rings is 1. The summed E-state index contributed by atoms with van der Waals surface area (Å²) < 4.78 is 32.6. The number of aryl methyl sites for hydroxylation is 1. The largest absolute Gasteiger partial charge is 0.468 e. The number of rotatable bonds is 8. The minimum atomic E-state index is -3.72. The summed E-state index contributed by atoms with van der Waals surface area (Å²) in [5.74, 6) is 0.233. The maximum Gasteiger partial charge on any atom is 0.252 e. The molecule has 4 aromatic rings. The number of benzene rings is 2. The average molecular weight is 467 g/mol. The first-order valence-corrected chi connectivity index (χ1v) is 12.3. The molecule has 0 aliphatic rings. The molecule has 2 heterocycles. The Kier molecular flexibility index (Phi) is 6.55. The maximum absolute atomic E-state index is 12.9. The van der Waals surface area contributed by atoms with Crippen molar-refractivity contribution in [3.63, 3.8) is 0 Å². The van der Waals surface area contributed by atoms with Crippen molar-refractivity contribution in [3.05, 3.63) is 112 Å². The van der Waals surface area contributed by atoms with E-state index in [1.165, 1.54) is 30.5 Å². The van der Waals surface area contributed by atoms with Crippen molar-refractivity contribution in [3.8, 4) is 0 Å². The normalized spacial score (nSPS) is 12.4. The van der Waals surface area contributed by atoms with Crippen LogP contribution in [0.2, 0.25) is 0 Å². The quantitative estimate of drug-likeness (QED) is 0.396. The molecule has 2 aromatic heterocycles. The molecule has 2 N–H and O–H groups in total. The predicted molar refractivity (Wildman–Crippen MR) is 124 cm³/mol. The van der Waals surface area contributed by atoms with Crippen LogP contribution in [0.25, 0.3) is 0 Å². The Balaban J connectivity index is 1.49. The van der Waals surface area contributed by atoms with Crippen molar-refractivity contribution < 1.29 is 17.6 Å². The van der Waals surface area contributed by atoms with Crippen molar-refractivity contribution in [2.45, 2.75) is 24.4 Å². The minimum Gasteiger partial charge on any atom is -0.468 e. The van der Waals surface area contributed by atoms with Crippen LogP contribution in [0.15, 0.2) is 93.8 Å². The Morgan fingerprint density at radius 1 is 1.00 bits per heavy atom. The van der Waals surface area contributed by atoms with Crippen LogP contribution in [0.4, 0.5) is 0 Å². The fraction of sp³-hybridized carbons (Fsp3) is 0.125. The van der Waals surface area contributed by atoms with Crippen molar-refractivity contribution in [2.24, 2.45) is 0 Å². The second-order valence-corrected chi connectivity index (χ2v) is 10.0. The summed E-state index contributed by atoms with van der Waals surface area (Å²) in [4.78, 5) is 14.0. The molecule has 0 bridgehead atoms. The van der Waals surface area contributed by atoms with Crippen LogP contribution < -0.4 is 10.0 Å². The maximum atomic E-state index is 12.9. The predicted octanol–water partition coefficient (Wildman–Crippen LogP) is 4.65. The molecule has 0 fully saturated rings. The van der Waals surface area contributed by atoms with E-state index in [1.807, 2.05) is 48.7 Å². The van der Waals surface area contributed by atoms with Crippen LogP contribution in [0, 0.1) is 6.92 Å².